The number of hydrogen-bond donors (Lipinski definition) is 1. The van der Waals surface area contributed by atoms with Crippen LogP contribution in [-0.2, 0) is 17.9 Å². The number of thioether (sulfide) groups is 1. The Morgan fingerprint density at radius 1 is 1.22 bits per heavy atom. The van der Waals surface area contributed by atoms with Gasteiger partial charge in [-0.05, 0) is 18.9 Å². The maximum atomic E-state index is 12.8. The summed E-state index contributed by atoms with van der Waals surface area (Å²) in [7, 11) is 0. The Balaban J connectivity index is 1.52. The first-order valence-corrected chi connectivity index (χ1v) is 10.3. The lowest BCUT2D eigenvalue weighted by atomic mass is 10.2. The number of piperazine rings is 1. The standard InChI is InChI=1S/C19H27N5O2S/c1-3-9-24-18(26)20-21-19(24)27-15(2)17(25)23-12-10-22(11-13-23)14-16-7-5-4-6-8-16/h4-8,15H,3,9-14H2,1-2H3,(H,20,26). The Bertz CT molecular complexity index is 796. The molecule has 1 atom stereocenters. The van der Waals surface area contributed by atoms with Gasteiger partial charge in [0.15, 0.2) is 5.16 Å². The van der Waals surface area contributed by atoms with Crippen molar-refractivity contribution in [1.82, 2.24) is 24.6 Å². The highest BCUT2D eigenvalue weighted by Gasteiger charge is 2.27. The molecule has 8 heteroatoms. The second-order valence-electron chi connectivity index (χ2n) is 6.81. The van der Waals surface area contributed by atoms with Crippen LogP contribution in [0.1, 0.15) is 25.8 Å². The first kappa shape index (κ1) is 19.7. The normalized spacial score (nSPS) is 16.4. The molecule has 1 aliphatic rings. The molecule has 1 saturated heterocycles. The molecule has 1 fully saturated rings. The van der Waals surface area contributed by atoms with Gasteiger partial charge in [-0.1, -0.05) is 49.0 Å². The van der Waals surface area contributed by atoms with Crippen molar-refractivity contribution in [3.63, 3.8) is 0 Å². The highest BCUT2D eigenvalue weighted by atomic mass is 32.2. The lowest BCUT2D eigenvalue weighted by Gasteiger charge is -2.35. The predicted molar refractivity (Wildman–Crippen MR) is 107 cm³/mol. The van der Waals surface area contributed by atoms with Gasteiger partial charge in [-0.15, -0.1) is 5.10 Å². The molecule has 0 bridgehead atoms. The van der Waals surface area contributed by atoms with E-state index in [-0.39, 0.29) is 16.8 Å². The number of aromatic amines is 1. The van der Waals surface area contributed by atoms with Crippen LogP contribution in [0.25, 0.3) is 0 Å². The fourth-order valence-corrected chi connectivity index (χ4v) is 4.21. The zero-order valence-corrected chi connectivity index (χ0v) is 16.7. The van der Waals surface area contributed by atoms with Crippen molar-refractivity contribution in [3.8, 4) is 0 Å². The van der Waals surface area contributed by atoms with Crippen LogP contribution in [0.5, 0.6) is 0 Å². The van der Waals surface area contributed by atoms with Crippen LogP contribution in [0.4, 0.5) is 0 Å². The second kappa shape index (κ2) is 9.23. The molecule has 27 heavy (non-hydrogen) atoms. The monoisotopic (exact) mass is 389 g/mol. The Morgan fingerprint density at radius 3 is 2.59 bits per heavy atom. The van der Waals surface area contributed by atoms with Gasteiger partial charge in [-0.25, -0.2) is 9.89 Å². The van der Waals surface area contributed by atoms with E-state index in [4.69, 9.17) is 0 Å². The smallest absolute Gasteiger partial charge is 0.339 e. The minimum atomic E-state index is -0.267. The van der Waals surface area contributed by atoms with Gasteiger partial charge in [0.2, 0.25) is 5.91 Å². The molecular formula is C19H27N5O2S. The van der Waals surface area contributed by atoms with E-state index >= 15 is 0 Å². The number of H-pyrrole nitrogens is 1. The van der Waals surface area contributed by atoms with Crippen LogP contribution in [0.2, 0.25) is 0 Å². The topological polar surface area (TPSA) is 74.2 Å². The van der Waals surface area contributed by atoms with E-state index in [1.807, 2.05) is 24.8 Å². The fourth-order valence-electron chi connectivity index (χ4n) is 3.25. The first-order valence-electron chi connectivity index (χ1n) is 9.45. The number of aromatic nitrogens is 3. The van der Waals surface area contributed by atoms with Crippen molar-refractivity contribution >= 4 is 17.7 Å². The quantitative estimate of drug-likeness (QED) is 0.731. The summed E-state index contributed by atoms with van der Waals surface area (Å²) in [6, 6.07) is 10.4. The van der Waals surface area contributed by atoms with Crippen LogP contribution >= 0.6 is 11.8 Å². The van der Waals surface area contributed by atoms with Crippen molar-refractivity contribution in [1.29, 1.82) is 0 Å². The highest BCUT2D eigenvalue weighted by molar-refractivity contribution is 8.00. The molecule has 0 saturated carbocycles. The van der Waals surface area contributed by atoms with Gasteiger partial charge in [0, 0.05) is 39.3 Å². The molecule has 1 aromatic carbocycles. The number of rotatable bonds is 7. The third kappa shape index (κ3) is 5.01. The van der Waals surface area contributed by atoms with Gasteiger partial charge >= 0.3 is 5.69 Å². The van der Waals surface area contributed by atoms with Crippen molar-refractivity contribution < 1.29 is 4.79 Å². The number of hydrogen-bond acceptors (Lipinski definition) is 5. The number of nitrogens with zero attached hydrogens (tertiary/aromatic N) is 4. The van der Waals surface area contributed by atoms with Gasteiger partial charge in [-0.3, -0.25) is 14.3 Å². The lowest BCUT2D eigenvalue weighted by Crippen LogP contribution is -2.50. The molecule has 146 valence electrons. The molecule has 2 aromatic rings. The van der Waals surface area contributed by atoms with E-state index in [0.29, 0.717) is 11.7 Å². The van der Waals surface area contributed by atoms with Crippen LogP contribution in [0.3, 0.4) is 0 Å². The summed E-state index contributed by atoms with van der Waals surface area (Å²) < 4.78 is 1.60. The van der Waals surface area contributed by atoms with Gasteiger partial charge in [-0.2, -0.15) is 0 Å². The van der Waals surface area contributed by atoms with Gasteiger partial charge in [0.1, 0.15) is 0 Å². The summed E-state index contributed by atoms with van der Waals surface area (Å²) >= 11 is 1.35. The minimum absolute atomic E-state index is 0.109. The Kier molecular flexibility index (Phi) is 6.73. The average molecular weight is 390 g/mol. The Labute approximate surface area is 163 Å². The molecular weight excluding hydrogens is 362 g/mol. The zero-order valence-electron chi connectivity index (χ0n) is 15.9. The number of nitrogens with one attached hydrogen (secondary N) is 1. The summed E-state index contributed by atoms with van der Waals surface area (Å²) in [5.74, 6) is 0.109. The predicted octanol–water partition coefficient (Wildman–Crippen LogP) is 1.81. The van der Waals surface area contributed by atoms with E-state index in [1.165, 1.54) is 17.3 Å². The molecule has 1 aliphatic heterocycles. The maximum Gasteiger partial charge on any atom is 0.343 e. The largest absolute Gasteiger partial charge is 0.343 e. The summed E-state index contributed by atoms with van der Waals surface area (Å²) in [6.45, 7) is 8.65. The van der Waals surface area contributed by atoms with Gasteiger partial charge in [0.25, 0.3) is 0 Å². The van der Waals surface area contributed by atoms with Crippen molar-refractivity contribution in [2.24, 2.45) is 0 Å². The molecule has 0 radical (unpaired) electrons. The molecule has 7 nitrogen and oxygen atoms in total. The van der Waals surface area contributed by atoms with Crippen molar-refractivity contribution in [2.75, 3.05) is 26.2 Å². The molecule has 1 unspecified atom stereocenters. The van der Waals surface area contributed by atoms with E-state index in [2.05, 4.69) is 39.4 Å². The Morgan fingerprint density at radius 2 is 1.93 bits per heavy atom. The SMILES string of the molecule is CCCn1c(SC(C)C(=O)N2CCN(Cc3ccccc3)CC2)n[nH]c1=O. The number of amides is 1. The molecule has 0 aliphatic carbocycles. The Hall–Kier alpha value is -2.06. The van der Waals surface area contributed by atoms with Crippen LogP contribution < -0.4 is 5.69 Å². The van der Waals surface area contributed by atoms with Crippen LogP contribution in [0, 0.1) is 0 Å². The van der Waals surface area contributed by atoms with Crippen LogP contribution in [-0.4, -0.2) is 61.9 Å². The first-order chi connectivity index (χ1) is 13.1. The molecule has 1 N–H and O–H groups in total. The molecule has 1 aromatic heterocycles. The van der Waals surface area contributed by atoms with E-state index in [9.17, 15) is 9.59 Å². The lowest BCUT2D eigenvalue weighted by molar-refractivity contribution is -0.132. The summed E-state index contributed by atoms with van der Waals surface area (Å²) in [4.78, 5) is 28.9. The van der Waals surface area contributed by atoms with E-state index in [1.54, 1.807) is 4.57 Å². The van der Waals surface area contributed by atoms with Gasteiger partial charge < -0.3 is 4.90 Å². The van der Waals surface area contributed by atoms with Crippen LogP contribution in [0.15, 0.2) is 40.3 Å². The van der Waals surface area contributed by atoms with Crippen molar-refractivity contribution in [3.05, 3.63) is 46.4 Å². The molecule has 3 rings (SSSR count). The third-order valence-electron chi connectivity index (χ3n) is 4.73. The maximum absolute atomic E-state index is 12.8. The summed E-state index contributed by atoms with van der Waals surface area (Å²) in [5, 5.41) is 6.87. The van der Waals surface area contributed by atoms with E-state index < -0.39 is 0 Å². The zero-order chi connectivity index (χ0) is 19.2. The molecule has 2 heterocycles. The average Bonchev–Trinajstić information content (AvgIpc) is 3.03. The number of carbonyl (C=O) groups is 1. The van der Waals surface area contributed by atoms with E-state index in [0.717, 1.165) is 39.1 Å². The summed E-state index contributed by atoms with van der Waals surface area (Å²) in [5.41, 5.74) is 1.09. The third-order valence-corrected chi connectivity index (χ3v) is 5.81. The summed E-state index contributed by atoms with van der Waals surface area (Å²) in [6.07, 6.45) is 0.846. The molecule has 0 spiro atoms. The number of carbonyl (C=O) groups excluding carboxylic acids is 1. The highest BCUT2D eigenvalue weighted by Crippen LogP contribution is 2.22. The fraction of sp³-hybridized carbons (Fsp3) is 0.526. The second-order valence-corrected chi connectivity index (χ2v) is 8.12. The molecule has 1 amide bonds. The van der Waals surface area contributed by atoms with Crippen molar-refractivity contribution in [2.45, 2.75) is 43.8 Å². The number of benzene rings is 1. The minimum Gasteiger partial charge on any atom is -0.339 e. The van der Waals surface area contributed by atoms with Gasteiger partial charge in [0.05, 0.1) is 5.25 Å².